The van der Waals surface area contributed by atoms with Crippen LogP contribution >= 0.6 is 0 Å². The Hall–Kier alpha value is -3.04. The first-order chi connectivity index (χ1) is 14.2. The number of H-pyrrole nitrogens is 1. The van der Waals surface area contributed by atoms with Crippen molar-refractivity contribution in [3.05, 3.63) is 41.9 Å². The lowest BCUT2D eigenvalue weighted by atomic mass is 9.94. The average Bonchev–Trinajstić information content (AvgIpc) is 3.17. The number of ether oxygens (including phenoxy) is 1. The minimum absolute atomic E-state index is 0.00888. The quantitative estimate of drug-likeness (QED) is 0.470. The second-order valence-corrected chi connectivity index (χ2v) is 8.10. The van der Waals surface area contributed by atoms with Crippen LogP contribution in [-0.2, 0) is 11.2 Å². The standard InChI is InChI=1S/C21H24FN5O3/c1-21(2,29)17(22)6-16-18(20(23)28)19(26-13-9-30-10-13)14-5-11(3-4-15(14)27-16)12-7-24-25-8-12/h3-5,7-8,13,17,29H,6,9-10H2,1-2H3,(H2,23,28)(H,24,25)(H,26,27). The molecule has 1 atom stereocenters. The highest BCUT2D eigenvalue weighted by Crippen LogP contribution is 2.34. The van der Waals surface area contributed by atoms with E-state index < -0.39 is 17.7 Å². The third-order valence-corrected chi connectivity index (χ3v) is 5.26. The summed E-state index contributed by atoms with van der Waals surface area (Å²) in [6.45, 7) is 3.75. The minimum atomic E-state index is -1.62. The molecule has 9 heteroatoms. The van der Waals surface area contributed by atoms with Crippen LogP contribution in [0.5, 0.6) is 0 Å². The van der Waals surface area contributed by atoms with Gasteiger partial charge in [-0.2, -0.15) is 5.10 Å². The molecule has 0 bridgehead atoms. The summed E-state index contributed by atoms with van der Waals surface area (Å²) in [7, 11) is 0. The molecular formula is C21H24FN5O3. The molecule has 3 aromatic rings. The third-order valence-electron chi connectivity index (χ3n) is 5.26. The van der Waals surface area contributed by atoms with Crippen molar-refractivity contribution in [2.24, 2.45) is 5.73 Å². The van der Waals surface area contributed by atoms with Crippen LogP contribution in [-0.4, -0.2) is 57.2 Å². The number of benzene rings is 1. The zero-order chi connectivity index (χ0) is 21.5. The maximum Gasteiger partial charge on any atom is 0.252 e. The Kier molecular flexibility index (Phi) is 5.17. The van der Waals surface area contributed by atoms with E-state index in [1.165, 1.54) is 13.8 Å². The molecule has 30 heavy (non-hydrogen) atoms. The number of carbonyl (C=O) groups excluding carboxylic acids is 1. The molecule has 1 fully saturated rings. The van der Waals surface area contributed by atoms with Crippen LogP contribution in [0.25, 0.3) is 22.0 Å². The summed E-state index contributed by atoms with van der Waals surface area (Å²) in [6.07, 6.45) is 1.60. The Morgan fingerprint density at radius 1 is 1.43 bits per heavy atom. The Bertz CT molecular complexity index is 1070. The first kappa shape index (κ1) is 20.2. The molecule has 1 unspecified atom stereocenters. The molecule has 5 N–H and O–H groups in total. The smallest absolute Gasteiger partial charge is 0.252 e. The number of aromatic amines is 1. The Balaban J connectivity index is 1.90. The van der Waals surface area contributed by atoms with Gasteiger partial charge in [0.2, 0.25) is 0 Å². The largest absolute Gasteiger partial charge is 0.387 e. The van der Waals surface area contributed by atoms with Crippen molar-refractivity contribution in [2.75, 3.05) is 18.5 Å². The first-order valence-electron chi connectivity index (χ1n) is 9.70. The summed E-state index contributed by atoms with van der Waals surface area (Å²) in [6, 6.07) is 5.60. The third kappa shape index (κ3) is 3.86. The number of hydrogen-bond donors (Lipinski definition) is 4. The van der Waals surface area contributed by atoms with Crippen LogP contribution in [0.1, 0.15) is 29.9 Å². The zero-order valence-corrected chi connectivity index (χ0v) is 16.8. The fraction of sp³-hybridized carbons (Fsp3) is 0.381. The summed E-state index contributed by atoms with van der Waals surface area (Å²) < 4.78 is 19.9. The van der Waals surface area contributed by atoms with Crippen LogP contribution in [0.4, 0.5) is 10.1 Å². The maximum atomic E-state index is 14.7. The molecule has 8 nitrogen and oxygen atoms in total. The molecule has 1 aliphatic heterocycles. The lowest BCUT2D eigenvalue weighted by molar-refractivity contribution is -0.00305. The predicted octanol–water partition coefficient (Wildman–Crippen LogP) is 2.19. The van der Waals surface area contributed by atoms with E-state index in [2.05, 4.69) is 20.5 Å². The molecule has 0 saturated carbocycles. The number of carbonyl (C=O) groups is 1. The summed E-state index contributed by atoms with van der Waals surface area (Å²) in [5.41, 5.74) is 7.33. The van der Waals surface area contributed by atoms with E-state index in [4.69, 9.17) is 10.5 Å². The second kappa shape index (κ2) is 7.66. The van der Waals surface area contributed by atoms with Crippen LogP contribution in [0.3, 0.4) is 0 Å². The van der Waals surface area contributed by atoms with Gasteiger partial charge in [0.15, 0.2) is 0 Å². The van der Waals surface area contributed by atoms with E-state index in [-0.39, 0.29) is 23.7 Å². The minimum Gasteiger partial charge on any atom is -0.387 e. The SMILES string of the molecule is CC(C)(O)C(F)Cc1nc2ccc(-c3cn[nH]c3)cc2c(NC2COC2)c1C(N)=O. The van der Waals surface area contributed by atoms with E-state index in [9.17, 15) is 14.3 Å². The van der Waals surface area contributed by atoms with Crippen LogP contribution in [0.2, 0.25) is 0 Å². The molecule has 1 aromatic carbocycles. The normalized spacial score (nSPS) is 15.7. The van der Waals surface area contributed by atoms with Gasteiger partial charge in [-0.25, -0.2) is 4.39 Å². The van der Waals surface area contributed by atoms with E-state index in [1.807, 2.05) is 18.2 Å². The van der Waals surface area contributed by atoms with Gasteiger partial charge in [0.25, 0.3) is 5.91 Å². The van der Waals surface area contributed by atoms with Crippen molar-refractivity contribution in [3.8, 4) is 11.1 Å². The van der Waals surface area contributed by atoms with Crippen molar-refractivity contribution in [1.82, 2.24) is 15.2 Å². The lowest BCUT2D eigenvalue weighted by Crippen LogP contribution is -2.41. The van der Waals surface area contributed by atoms with Crippen molar-refractivity contribution < 1.29 is 19.0 Å². The monoisotopic (exact) mass is 413 g/mol. The van der Waals surface area contributed by atoms with Gasteiger partial charge in [-0.05, 0) is 31.5 Å². The topological polar surface area (TPSA) is 126 Å². The number of halogens is 1. The molecule has 1 amide bonds. The summed E-state index contributed by atoms with van der Waals surface area (Å²) in [5, 5.41) is 20.8. The van der Waals surface area contributed by atoms with Crippen molar-refractivity contribution in [3.63, 3.8) is 0 Å². The number of nitrogens with one attached hydrogen (secondary N) is 2. The van der Waals surface area contributed by atoms with Gasteiger partial charge in [0.1, 0.15) is 6.17 Å². The molecule has 0 radical (unpaired) electrons. The number of fused-ring (bicyclic) bond motifs is 1. The number of aliphatic hydroxyl groups is 1. The maximum absolute atomic E-state index is 14.7. The van der Waals surface area contributed by atoms with E-state index >= 15 is 0 Å². The summed E-state index contributed by atoms with van der Waals surface area (Å²) >= 11 is 0. The van der Waals surface area contributed by atoms with E-state index in [0.717, 1.165) is 11.1 Å². The molecule has 2 aromatic heterocycles. The van der Waals surface area contributed by atoms with Crippen LogP contribution < -0.4 is 11.1 Å². The highest BCUT2D eigenvalue weighted by Gasteiger charge is 2.31. The number of primary amides is 1. The molecule has 3 heterocycles. The Labute approximate surface area is 172 Å². The number of pyridine rings is 1. The number of nitrogens with two attached hydrogens (primary N) is 1. The summed E-state index contributed by atoms with van der Waals surface area (Å²) in [4.78, 5) is 17.0. The van der Waals surface area contributed by atoms with Gasteiger partial charge in [-0.3, -0.25) is 14.9 Å². The molecule has 0 aliphatic carbocycles. The Morgan fingerprint density at radius 3 is 2.77 bits per heavy atom. The fourth-order valence-electron chi connectivity index (χ4n) is 3.41. The number of aromatic nitrogens is 3. The van der Waals surface area contributed by atoms with Gasteiger partial charge in [-0.1, -0.05) is 6.07 Å². The molecule has 158 valence electrons. The number of hydrogen-bond acceptors (Lipinski definition) is 6. The zero-order valence-electron chi connectivity index (χ0n) is 16.8. The van der Waals surface area contributed by atoms with Crippen molar-refractivity contribution >= 4 is 22.5 Å². The highest BCUT2D eigenvalue weighted by molar-refractivity contribution is 6.08. The van der Waals surface area contributed by atoms with Crippen LogP contribution in [0, 0.1) is 0 Å². The van der Waals surface area contributed by atoms with Crippen molar-refractivity contribution in [2.45, 2.75) is 38.1 Å². The van der Waals surface area contributed by atoms with Gasteiger partial charge in [0, 0.05) is 23.6 Å². The van der Waals surface area contributed by atoms with Crippen LogP contribution in [0.15, 0.2) is 30.6 Å². The second-order valence-electron chi connectivity index (χ2n) is 8.10. The molecule has 1 aliphatic rings. The van der Waals surface area contributed by atoms with E-state index in [1.54, 1.807) is 12.4 Å². The first-order valence-corrected chi connectivity index (χ1v) is 9.70. The Morgan fingerprint density at radius 2 is 2.20 bits per heavy atom. The number of nitrogens with zero attached hydrogens (tertiary/aromatic N) is 2. The number of anilines is 1. The molecule has 1 saturated heterocycles. The number of rotatable bonds is 7. The summed E-state index contributed by atoms with van der Waals surface area (Å²) in [5.74, 6) is -0.709. The number of amides is 1. The average molecular weight is 413 g/mol. The van der Waals surface area contributed by atoms with Gasteiger partial charge in [0.05, 0.1) is 53.5 Å². The van der Waals surface area contributed by atoms with Gasteiger partial charge >= 0.3 is 0 Å². The predicted molar refractivity (Wildman–Crippen MR) is 111 cm³/mol. The molecule has 0 spiro atoms. The molecular weight excluding hydrogens is 389 g/mol. The number of alkyl halides is 1. The lowest BCUT2D eigenvalue weighted by Gasteiger charge is -2.30. The fourth-order valence-corrected chi connectivity index (χ4v) is 3.41. The highest BCUT2D eigenvalue weighted by atomic mass is 19.1. The molecule has 4 rings (SSSR count). The van der Waals surface area contributed by atoms with Gasteiger partial charge in [-0.15, -0.1) is 0 Å². The van der Waals surface area contributed by atoms with E-state index in [0.29, 0.717) is 29.8 Å². The van der Waals surface area contributed by atoms with Crippen molar-refractivity contribution in [1.29, 1.82) is 0 Å². The van der Waals surface area contributed by atoms with Gasteiger partial charge < -0.3 is 20.9 Å².